The summed E-state index contributed by atoms with van der Waals surface area (Å²) in [6.45, 7) is 6.99. The molecule has 0 aliphatic heterocycles. The number of ether oxygens (including phenoxy) is 1. The highest BCUT2D eigenvalue weighted by Crippen LogP contribution is 2.28. The van der Waals surface area contributed by atoms with Crippen LogP contribution in [0.3, 0.4) is 0 Å². The number of phenolic OH excluding ortho intramolecular Hbond substituents is 1. The first kappa shape index (κ1) is 21.4. The van der Waals surface area contributed by atoms with E-state index in [0.29, 0.717) is 13.2 Å². The lowest BCUT2D eigenvalue weighted by molar-refractivity contribution is 0.0692. The van der Waals surface area contributed by atoms with Crippen molar-refractivity contribution in [2.75, 3.05) is 31.2 Å². The van der Waals surface area contributed by atoms with E-state index in [1.807, 2.05) is 6.92 Å². The van der Waals surface area contributed by atoms with Crippen molar-refractivity contribution in [1.82, 2.24) is 0 Å². The smallest absolute Gasteiger partial charge is 0.336 e. The van der Waals surface area contributed by atoms with Crippen LogP contribution in [0.1, 0.15) is 53.0 Å². The number of phenols is 1. The van der Waals surface area contributed by atoms with Crippen molar-refractivity contribution in [1.29, 1.82) is 0 Å². The Morgan fingerprint density at radius 1 is 1.00 bits per heavy atom. The van der Waals surface area contributed by atoms with Crippen LogP contribution in [0, 0.1) is 0 Å². The largest absolute Gasteiger partial charge is 0.507 e. The van der Waals surface area contributed by atoms with Crippen LogP contribution in [0.4, 0.5) is 5.69 Å². The van der Waals surface area contributed by atoms with Crippen LogP contribution in [-0.2, 0) is 4.74 Å². The van der Waals surface area contributed by atoms with E-state index in [1.54, 1.807) is 30.3 Å². The molecule has 2 aromatic rings. The van der Waals surface area contributed by atoms with Crippen molar-refractivity contribution in [3.63, 3.8) is 0 Å². The highest BCUT2D eigenvalue weighted by atomic mass is 16.5. The van der Waals surface area contributed by atoms with Gasteiger partial charge >= 0.3 is 5.97 Å². The third kappa shape index (κ3) is 5.33. The maximum atomic E-state index is 12.8. The number of carbonyl (C=O) groups is 2. The molecule has 0 radical (unpaired) electrons. The summed E-state index contributed by atoms with van der Waals surface area (Å²) in [6, 6.07) is 10.9. The Morgan fingerprint density at radius 3 is 2.32 bits per heavy atom. The van der Waals surface area contributed by atoms with E-state index < -0.39 is 11.8 Å². The fourth-order valence-electron chi connectivity index (χ4n) is 3.06. The standard InChI is InChI=1S/C22H27NO5/c1-3-12-23(13-7-14-28-4-2)16-10-11-19(20(24)15-16)21(25)17-8-5-6-9-18(17)22(26)27/h5-6,8-11,15,24H,3-4,7,12-14H2,1-2H3,(H,26,27). The molecule has 0 unspecified atom stereocenters. The summed E-state index contributed by atoms with van der Waals surface area (Å²) in [4.78, 5) is 26.3. The van der Waals surface area contributed by atoms with Crippen molar-refractivity contribution in [2.45, 2.75) is 26.7 Å². The Balaban J connectivity index is 2.25. The number of anilines is 1. The van der Waals surface area contributed by atoms with Crippen LogP contribution in [0.25, 0.3) is 0 Å². The lowest BCUT2D eigenvalue weighted by Crippen LogP contribution is -2.26. The molecule has 2 rings (SSSR count). The molecule has 0 saturated carbocycles. The molecule has 2 N–H and O–H groups in total. The van der Waals surface area contributed by atoms with Gasteiger partial charge in [0.1, 0.15) is 5.75 Å². The predicted octanol–water partition coefficient (Wildman–Crippen LogP) is 3.96. The van der Waals surface area contributed by atoms with Crippen LogP contribution in [-0.4, -0.2) is 48.3 Å². The first-order chi connectivity index (χ1) is 13.5. The lowest BCUT2D eigenvalue weighted by atomic mass is 9.97. The normalized spacial score (nSPS) is 10.6. The maximum Gasteiger partial charge on any atom is 0.336 e. The van der Waals surface area contributed by atoms with Gasteiger partial charge in [-0.15, -0.1) is 0 Å². The monoisotopic (exact) mass is 385 g/mol. The number of ketones is 1. The van der Waals surface area contributed by atoms with Gasteiger partial charge in [0.15, 0.2) is 5.78 Å². The average Bonchev–Trinajstić information content (AvgIpc) is 2.69. The molecule has 0 aliphatic carbocycles. The van der Waals surface area contributed by atoms with E-state index in [1.165, 1.54) is 12.1 Å². The molecule has 0 amide bonds. The number of carboxylic acids is 1. The van der Waals surface area contributed by atoms with Gasteiger partial charge in [-0.25, -0.2) is 4.79 Å². The van der Waals surface area contributed by atoms with Crippen LogP contribution in [0.2, 0.25) is 0 Å². The van der Waals surface area contributed by atoms with E-state index in [0.717, 1.165) is 31.6 Å². The fourth-order valence-corrected chi connectivity index (χ4v) is 3.06. The summed E-state index contributed by atoms with van der Waals surface area (Å²) in [7, 11) is 0. The third-order valence-corrected chi connectivity index (χ3v) is 4.41. The molecule has 0 saturated heterocycles. The number of nitrogens with zero attached hydrogens (tertiary/aromatic N) is 1. The Kier molecular flexibility index (Phi) is 8.02. The second-order valence-electron chi connectivity index (χ2n) is 6.42. The molecule has 0 fully saturated rings. The zero-order valence-corrected chi connectivity index (χ0v) is 16.4. The zero-order chi connectivity index (χ0) is 20.5. The number of carboxylic acid groups (broad SMARTS) is 1. The number of aromatic carboxylic acids is 1. The van der Waals surface area contributed by atoms with Gasteiger partial charge in [-0.05, 0) is 38.0 Å². The number of hydrogen-bond acceptors (Lipinski definition) is 5. The van der Waals surface area contributed by atoms with Crippen molar-refractivity contribution < 1.29 is 24.5 Å². The second-order valence-corrected chi connectivity index (χ2v) is 6.42. The summed E-state index contributed by atoms with van der Waals surface area (Å²) in [5.41, 5.74) is 0.877. The van der Waals surface area contributed by atoms with Crippen molar-refractivity contribution >= 4 is 17.4 Å². The molecule has 0 aliphatic rings. The molecule has 0 bridgehead atoms. The molecule has 0 aromatic heterocycles. The molecule has 0 heterocycles. The van der Waals surface area contributed by atoms with Crippen LogP contribution in [0.15, 0.2) is 42.5 Å². The molecule has 2 aromatic carbocycles. The highest BCUT2D eigenvalue weighted by molar-refractivity contribution is 6.15. The number of hydrogen-bond donors (Lipinski definition) is 2. The number of aromatic hydroxyl groups is 1. The van der Waals surface area contributed by atoms with Gasteiger partial charge < -0.3 is 19.8 Å². The minimum atomic E-state index is -1.18. The number of benzene rings is 2. The van der Waals surface area contributed by atoms with E-state index in [-0.39, 0.29) is 22.4 Å². The first-order valence-corrected chi connectivity index (χ1v) is 9.52. The Hall–Kier alpha value is -2.86. The summed E-state index contributed by atoms with van der Waals surface area (Å²) < 4.78 is 5.38. The van der Waals surface area contributed by atoms with Crippen LogP contribution in [0.5, 0.6) is 5.75 Å². The van der Waals surface area contributed by atoms with Gasteiger partial charge in [0, 0.05) is 43.6 Å². The lowest BCUT2D eigenvalue weighted by Gasteiger charge is -2.25. The quantitative estimate of drug-likeness (QED) is 0.450. The first-order valence-electron chi connectivity index (χ1n) is 9.52. The molecule has 28 heavy (non-hydrogen) atoms. The number of carbonyl (C=O) groups excluding carboxylic acids is 1. The Morgan fingerprint density at radius 2 is 1.71 bits per heavy atom. The van der Waals surface area contributed by atoms with Crippen molar-refractivity contribution in [2.24, 2.45) is 0 Å². The van der Waals surface area contributed by atoms with E-state index in [2.05, 4.69) is 11.8 Å². The third-order valence-electron chi connectivity index (χ3n) is 4.41. The molecule has 150 valence electrons. The van der Waals surface area contributed by atoms with E-state index in [4.69, 9.17) is 4.74 Å². The van der Waals surface area contributed by atoms with Gasteiger partial charge in [0.05, 0.1) is 11.1 Å². The Bertz CT molecular complexity index is 818. The fraction of sp³-hybridized carbons (Fsp3) is 0.364. The minimum Gasteiger partial charge on any atom is -0.507 e. The Labute approximate surface area is 165 Å². The van der Waals surface area contributed by atoms with E-state index >= 15 is 0 Å². The van der Waals surface area contributed by atoms with Gasteiger partial charge in [-0.3, -0.25) is 4.79 Å². The average molecular weight is 385 g/mol. The van der Waals surface area contributed by atoms with Gasteiger partial charge in [0.2, 0.25) is 0 Å². The van der Waals surface area contributed by atoms with Gasteiger partial charge in [-0.2, -0.15) is 0 Å². The predicted molar refractivity (Wildman–Crippen MR) is 109 cm³/mol. The van der Waals surface area contributed by atoms with Crippen molar-refractivity contribution in [3.8, 4) is 5.75 Å². The summed E-state index contributed by atoms with van der Waals surface area (Å²) in [5.74, 6) is -1.85. The molecule has 6 heteroatoms. The molecular formula is C22H27NO5. The summed E-state index contributed by atoms with van der Waals surface area (Å²) in [6.07, 6.45) is 1.81. The summed E-state index contributed by atoms with van der Waals surface area (Å²) in [5, 5.41) is 19.8. The summed E-state index contributed by atoms with van der Waals surface area (Å²) >= 11 is 0. The molecular weight excluding hydrogens is 358 g/mol. The SMILES string of the molecule is CCCN(CCCOCC)c1ccc(C(=O)c2ccccc2C(=O)O)c(O)c1. The molecule has 0 atom stereocenters. The topological polar surface area (TPSA) is 87.1 Å². The highest BCUT2D eigenvalue weighted by Gasteiger charge is 2.20. The van der Waals surface area contributed by atoms with Crippen LogP contribution < -0.4 is 4.90 Å². The van der Waals surface area contributed by atoms with Gasteiger partial charge in [0.25, 0.3) is 0 Å². The second kappa shape index (κ2) is 10.5. The number of rotatable bonds is 11. The molecule has 0 spiro atoms. The van der Waals surface area contributed by atoms with Crippen molar-refractivity contribution in [3.05, 3.63) is 59.2 Å². The van der Waals surface area contributed by atoms with E-state index in [9.17, 15) is 19.8 Å². The molecule has 6 nitrogen and oxygen atoms in total. The zero-order valence-electron chi connectivity index (χ0n) is 16.4. The maximum absolute atomic E-state index is 12.8. The minimum absolute atomic E-state index is 0.0557. The van der Waals surface area contributed by atoms with Crippen LogP contribution >= 0.6 is 0 Å². The van der Waals surface area contributed by atoms with Gasteiger partial charge in [-0.1, -0.05) is 25.1 Å².